The zero-order chi connectivity index (χ0) is 11.0. The van der Waals surface area contributed by atoms with E-state index in [0.29, 0.717) is 12.2 Å². The van der Waals surface area contributed by atoms with E-state index in [9.17, 15) is 9.18 Å². The largest absolute Gasteiger partial charge is 0.355 e. The number of aryl methyl sites for hydroxylation is 1. The third kappa shape index (κ3) is 1.71. The van der Waals surface area contributed by atoms with Crippen LogP contribution in [0.4, 0.5) is 4.39 Å². The van der Waals surface area contributed by atoms with E-state index < -0.39 is 0 Å². The molecule has 1 fully saturated rings. The minimum absolute atomic E-state index is 0.0261. The molecule has 1 aliphatic heterocycles. The molecule has 0 radical (unpaired) electrons. The maximum Gasteiger partial charge on any atom is 0.223 e. The molecule has 1 aliphatic rings. The maximum atomic E-state index is 13.6. The van der Waals surface area contributed by atoms with Crippen molar-refractivity contribution in [3.8, 4) is 0 Å². The number of rotatable bonds is 1. The molecular formula is C11H13FN2O. The third-order valence-corrected chi connectivity index (χ3v) is 2.87. The van der Waals surface area contributed by atoms with Crippen molar-refractivity contribution in [3.63, 3.8) is 0 Å². The van der Waals surface area contributed by atoms with Gasteiger partial charge >= 0.3 is 0 Å². The second-order valence-electron chi connectivity index (χ2n) is 4.02. The minimum Gasteiger partial charge on any atom is -0.355 e. The number of aromatic nitrogens is 1. The fraction of sp³-hybridized carbons (Fsp3) is 0.455. The first-order valence-electron chi connectivity index (χ1n) is 4.99. The lowest BCUT2D eigenvalue weighted by atomic mass is 9.93. The number of hydrogen-bond acceptors (Lipinski definition) is 2. The fourth-order valence-electron chi connectivity index (χ4n) is 1.88. The fourth-order valence-corrected chi connectivity index (χ4v) is 1.88. The number of nitrogens with one attached hydrogen (secondary N) is 1. The highest BCUT2D eigenvalue weighted by Crippen LogP contribution is 2.28. The molecule has 0 saturated carbocycles. The second kappa shape index (κ2) is 3.61. The van der Waals surface area contributed by atoms with E-state index in [4.69, 9.17) is 0 Å². The van der Waals surface area contributed by atoms with Crippen LogP contribution < -0.4 is 5.32 Å². The summed E-state index contributed by atoms with van der Waals surface area (Å²) in [6.07, 6.45) is 1.63. The molecule has 1 amide bonds. The highest BCUT2D eigenvalue weighted by atomic mass is 19.1. The molecule has 3 nitrogen and oxygen atoms in total. The first kappa shape index (κ1) is 10.1. The zero-order valence-corrected chi connectivity index (χ0v) is 8.75. The van der Waals surface area contributed by atoms with E-state index in [1.54, 1.807) is 20.0 Å². The molecule has 0 unspecified atom stereocenters. The van der Waals surface area contributed by atoms with Gasteiger partial charge in [0.2, 0.25) is 5.91 Å². The Bertz CT molecular complexity index is 406. The predicted molar refractivity (Wildman–Crippen MR) is 53.8 cm³/mol. The van der Waals surface area contributed by atoms with Crippen LogP contribution in [0.25, 0.3) is 0 Å². The van der Waals surface area contributed by atoms with Crippen LogP contribution in [0.2, 0.25) is 0 Å². The Morgan fingerprint density at radius 2 is 2.33 bits per heavy atom. The van der Waals surface area contributed by atoms with Crippen LogP contribution in [-0.2, 0) is 4.79 Å². The second-order valence-corrected chi connectivity index (χ2v) is 4.02. The number of halogens is 1. The third-order valence-electron chi connectivity index (χ3n) is 2.87. The van der Waals surface area contributed by atoms with Crippen LogP contribution in [0, 0.1) is 18.7 Å². The molecule has 2 rings (SSSR count). The van der Waals surface area contributed by atoms with Gasteiger partial charge in [0.05, 0.1) is 5.69 Å². The summed E-state index contributed by atoms with van der Waals surface area (Å²) in [7, 11) is 0. The molecule has 0 aliphatic carbocycles. The van der Waals surface area contributed by atoms with Crippen LogP contribution >= 0.6 is 0 Å². The molecule has 1 N–H and O–H groups in total. The Morgan fingerprint density at radius 1 is 1.60 bits per heavy atom. The van der Waals surface area contributed by atoms with Crippen LogP contribution in [0.15, 0.2) is 12.3 Å². The van der Waals surface area contributed by atoms with Crippen LogP contribution in [-0.4, -0.2) is 17.4 Å². The highest BCUT2D eigenvalue weighted by Gasteiger charge is 2.34. The molecule has 0 aromatic carbocycles. The quantitative estimate of drug-likeness (QED) is 0.757. The van der Waals surface area contributed by atoms with E-state index >= 15 is 0 Å². The van der Waals surface area contributed by atoms with Gasteiger partial charge in [-0.05, 0) is 18.6 Å². The summed E-state index contributed by atoms with van der Waals surface area (Å²) in [5, 5.41) is 2.71. The lowest BCUT2D eigenvalue weighted by molar-refractivity contribution is -0.122. The molecule has 0 bridgehead atoms. The van der Waals surface area contributed by atoms with Crippen LogP contribution in [0.1, 0.15) is 24.1 Å². The van der Waals surface area contributed by atoms with E-state index in [-0.39, 0.29) is 23.6 Å². The molecule has 0 spiro atoms. The monoisotopic (exact) mass is 208 g/mol. The van der Waals surface area contributed by atoms with Crippen LogP contribution in [0.5, 0.6) is 0 Å². The van der Waals surface area contributed by atoms with Crippen molar-refractivity contribution >= 4 is 5.91 Å². The van der Waals surface area contributed by atoms with Crippen molar-refractivity contribution in [2.75, 3.05) is 6.54 Å². The van der Waals surface area contributed by atoms with Gasteiger partial charge in [-0.2, -0.15) is 0 Å². The van der Waals surface area contributed by atoms with Gasteiger partial charge in [-0.3, -0.25) is 9.78 Å². The summed E-state index contributed by atoms with van der Waals surface area (Å²) in [6, 6.07) is 1.46. The molecule has 4 heteroatoms. The number of carbonyl (C=O) groups is 1. The van der Waals surface area contributed by atoms with Crippen molar-refractivity contribution in [1.82, 2.24) is 10.3 Å². The van der Waals surface area contributed by atoms with Gasteiger partial charge < -0.3 is 5.32 Å². The number of amides is 1. The molecule has 2 atom stereocenters. The Labute approximate surface area is 87.7 Å². The molecular weight excluding hydrogens is 195 g/mol. The lowest BCUT2D eigenvalue weighted by Crippen LogP contribution is -2.17. The van der Waals surface area contributed by atoms with Gasteiger partial charge in [0.1, 0.15) is 5.82 Å². The van der Waals surface area contributed by atoms with E-state index in [2.05, 4.69) is 10.3 Å². The Kier molecular flexibility index (Phi) is 2.42. The van der Waals surface area contributed by atoms with E-state index in [1.165, 1.54) is 6.07 Å². The first-order chi connectivity index (χ1) is 7.09. The summed E-state index contributed by atoms with van der Waals surface area (Å²) in [5.74, 6) is -0.682. The van der Waals surface area contributed by atoms with Crippen molar-refractivity contribution in [2.45, 2.75) is 19.8 Å². The summed E-state index contributed by atoms with van der Waals surface area (Å²) in [6.45, 7) is 4.07. The lowest BCUT2D eigenvalue weighted by Gasteiger charge is -2.12. The van der Waals surface area contributed by atoms with Gasteiger partial charge in [-0.15, -0.1) is 0 Å². The van der Waals surface area contributed by atoms with E-state index in [1.807, 2.05) is 0 Å². The molecule has 1 aromatic heterocycles. The van der Waals surface area contributed by atoms with Gasteiger partial charge in [0.25, 0.3) is 0 Å². The minimum atomic E-state index is -0.316. The van der Waals surface area contributed by atoms with Gasteiger partial charge in [-0.1, -0.05) is 6.92 Å². The summed E-state index contributed by atoms with van der Waals surface area (Å²) in [4.78, 5) is 15.4. The first-order valence-corrected chi connectivity index (χ1v) is 4.99. The maximum absolute atomic E-state index is 13.6. The van der Waals surface area contributed by atoms with Gasteiger partial charge in [0.15, 0.2) is 0 Å². The van der Waals surface area contributed by atoms with Crippen molar-refractivity contribution < 1.29 is 9.18 Å². The molecule has 1 saturated heterocycles. The SMILES string of the molecule is Cc1cnc([C@@H]2CNC(=O)[C@H]2C)c(F)c1. The number of pyridine rings is 1. The van der Waals surface area contributed by atoms with Gasteiger partial charge in [0, 0.05) is 24.6 Å². The predicted octanol–water partition coefficient (Wildman–Crippen LogP) is 1.38. The number of nitrogens with zero attached hydrogens (tertiary/aromatic N) is 1. The Balaban J connectivity index is 2.34. The number of carbonyl (C=O) groups excluding carboxylic acids is 1. The summed E-state index contributed by atoms with van der Waals surface area (Å²) in [5.41, 5.74) is 1.19. The average Bonchev–Trinajstić information content (AvgIpc) is 2.49. The summed E-state index contributed by atoms with van der Waals surface area (Å²) < 4.78 is 13.6. The van der Waals surface area contributed by atoms with Crippen molar-refractivity contribution in [3.05, 3.63) is 29.3 Å². The van der Waals surface area contributed by atoms with Crippen molar-refractivity contribution in [1.29, 1.82) is 0 Å². The molecule has 2 heterocycles. The topological polar surface area (TPSA) is 42.0 Å². The standard InChI is InChI=1S/C11H13FN2O/c1-6-3-9(12)10(13-4-6)8-5-14-11(15)7(8)2/h3-4,7-8H,5H2,1-2H3,(H,14,15)/t7-,8+/m0/s1. The van der Waals surface area contributed by atoms with Crippen molar-refractivity contribution in [2.24, 2.45) is 5.92 Å². The highest BCUT2D eigenvalue weighted by molar-refractivity contribution is 5.81. The molecule has 15 heavy (non-hydrogen) atoms. The Morgan fingerprint density at radius 3 is 2.87 bits per heavy atom. The number of hydrogen-bond donors (Lipinski definition) is 1. The zero-order valence-electron chi connectivity index (χ0n) is 8.75. The van der Waals surface area contributed by atoms with Crippen LogP contribution in [0.3, 0.4) is 0 Å². The summed E-state index contributed by atoms with van der Waals surface area (Å²) >= 11 is 0. The normalized spacial score (nSPS) is 25.4. The molecule has 1 aromatic rings. The molecule has 80 valence electrons. The smallest absolute Gasteiger partial charge is 0.223 e. The Hall–Kier alpha value is -1.45. The van der Waals surface area contributed by atoms with Gasteiger partial charge in [-0.25, -0.2) is 4.39 Å². The van der Waals surface area contributed by atoms with E-state index in [0.717, 1.165) is 5.56 Å². The average molecular weight is 208 g/mol.